The van der Waals surface area contributed by atoms with Crippen LogP contribution in [0.2, 0.25) is 0 Å². The van der Waals surface area contributed by atoms with Gasteiger partial charge in [0.2, 0.25) is 0 Å². The van der Waals surface area contributed by atoms with Gasteiger partial charge >= 0.3 is 0 Å². The van der Waals surface area contributed by atoms with Crippen molar-refractivity contribution in [2.45, 2.75) is 39.7 Å². The summed E-state index contributed by atoms with van der Waals surface area (Å²) in [4.78, 5) is 18.5. The van der Waals surface area contributed by atoms with Crippen molar-refractivity contribution < 1.29 is 0 Å². The summed E-state index contributed by atoms with van der Waals surface area (Å²) < 4.78 is 0. The Balaban J connectivity index is 2.99. The zero-order chi connectivity index (χ0) is 13.0. The molecule has 1 aromatic rings. The highest BCUT2D eigenvalue weighted by molar-refractivity contribution is 5.37. The monoisotopic (exact) mass is 233 g/mol. The first-order valence-corrected chi connectivity index (χ1v) is 5.78. The van der Waals surface area contributed by atoms with E-state index in [9.17, 15) is 4.79 Å². The molecule has 0 saturated carbocycles. The van der Waals surface area contributed by atoms with Gasteiger partial charge < -0.3 is 10.3 Å². The number of nitrogens with zero attached hydrogens (tertiary/aromatic N) is 1. The van der Waals surface area contributed by atoms with Crippen LogP contribution in [0.5, 0.6) is 0 Å². The Hall–Kier alpha value is -1.76. The van der Waals surface area contributed by atoms with E-state index in [0.29, 0.717) is 11.6 Å². The molecule has 0 spiro atoms. The van der Waals surface area contributed by atoms with Gasteiger partial charge in [0.05, 0.1) is 6.04 Å². The molecule has 0 bridgehead atoms. The number of H-pyrrole nitrogens is 1. The van der Waals surface area contributed by atoms with Gasteiger partial charge in [-0.25, -0.2) is 4.98 Å². The quantitative estimate of drug-likeness (QED) is 0.782. The van der Waals surface area contributed by atoms with Crippen molar-refractivity contribution in [1.29, 1.82) is 0 Å². The van der Waals surface area contributed by atoms with Crippen molar-refractivity contribution in [1.82, 2.24) is 9.97 Å². The van der Waals surface area contributed by atoms with Crippen LogP contribution in [-0.2, 0) is 0 Å². The number of rotatable bonds is 4. The standard InChI is InChI=1S/C13H19N3O/c1-6-10(8(2)3)14-11-7-12(17)16-13(15-11)9(4)5/h1,7-10H,2-5H3,(H2,14,15,16,17). The molecule has 0 amide bonds. The number of hydrogen-bond donors (Lipinski definition) is 2. The molecule has 0 aliphatic carbocycles. The molecule has 4 heteroatoms. The minimum absolute atomic E-state index is 0.121. The highest BCUT2D eigenvalue weighted by Crippen LogP contribution is 2.12. The Morgan fingerprint density at radius 2 is 2.06 bits per heavy atom. The number of anilines is 1. The molecular weight excluding hydrogens is 214 g/mol. The Bertz CT molecular complexity index is 468. The Kier molecular flexibility index (Phi) is 4.33. The fourth-order valence-electron chi connectivity index (χ4n) is 1.38. The van der Waals surface area contributed by atoms with E-state index in [4.69, 9.17) is 6.42 Å². The molecule has 1 unspecified atom stereocenters. The third-order valence-electron chi connectivity index (χ3n) is 2.46. The Morgan fingerprint density at radius 1 is 1.41 bits per heavy atom. The van der Waals surface area contributed by atoms with Gasteiger partial charge in [-0.3, -0.25) is 4.79 Å². The van der Waals surface area contributed by atoms with E-state index in [-0.39, 0.29) is 23.4 Å². The summed E-state index contributed by atoms with van der Waals surface area (Å²) in [5, 5.41) is 3.10. The Labute approximate surface area is 102 Å². The fraction of sp³-hybridized carbons (Fsp3) is 0.538. The largest absolute Gasteiger partial charge is 0.356 e. The van der Waals surface area contributed by atoms with E-state index in [1.165, 1.54) is 6.07 Å². The maximum Gasteiger partial charge on any atom is 0.252 e. The summed E-state index contributed by atoms with van der Waals surface area (Å²) in [5.74, 6) is 4.31. The molecule has 4 nitrogen and oxygen atoms in total. The summed E-state index contributed by atoms with van der Waals surface area (Å²) in [5.41, 5.74) is -0.161. The molecule has 92 valence electrons. The third kappa shape index (κ3) is 3.63. The van der Waals surface area contributed by atoms with E-state index in [1.54, 1.807) is 0 Å². The maximum atomic E-state index is 11.5. The second-order valence-electron chi connectivity index (χ2n) is 4.70. The molecule has 0 aliphatic heterocycles. The van der Waals surface area contributed by atoms with Gasteiger partial charge in [-0.1, -0.05) is 33.6 Å². The van der Waals surface area contributed by atoms with Gasteiger partial charge in [0.15, 0.2) is 0 Å². The van der Waals surface area contributed by atoms with Gasteiger partial charge in [0.1, 0.15) is 11.6 Å². The van der Waals surface area contributed by atoms with E-state index in [1.807, 2.05) is 27.7 Å². The van der Waals surface area contributed by atoms with Crippen LogP contribution in [0.3, 0.4) is 0 Å². The van der Waals surface area contributed by atoms with Gasteiger partial charge in [0.25, 0.3) is 5.56 Å². The highest BCUT2D eigenvalue weighted by Gasteiger charge is 2.12. The molecule has 0 radical (unpaired) electrons. The first kappa shape index (κ1) is 13.3. The van der Waals surface area contributed by atoms with Crippen LogP contribution >= 0.6 is 0 Å². The van der Waals surface area contributed by atoms with Crippen molar-refractivity contribution in [3.8, 4) is 12.3 Å². The molecule has 17 heavy (non-hydrogen) atoms. The van der Waals surface area contributed by atoms with Crippen molar-refractivity contribution in [2.24, 2.45) is 5.92 Å². The molecule has 1 heterocycles. The molecule has 0 saturated heterocycles. The van der Waals surface area contributed by atoms with Crippen LogP contribution in [0.4, 0.5) is 5.82 Å². The second kappa shape index (κ2) is 5.53. The van der Waals surface area contributed by atoms with Crippen LogP contribution < -0.4 is 10.9 Å². The lowest BCUT2D eigenvalue weighted by molar-refractivity contribution is 0.611. The van der Waals surface area contributed by atoms with Crippen molar-refractivity contribution in [3.63, 3.8) is 0 Å². The SMILES string of the molecule is C#CC(Nc1cc(=O)[nH]c(C(C)C)n1)C(C)C. The van der Waals surface area contributed by atoms with Crippen LogP contribution in [-0.4, -0.2) is 16.0 Å². The van der Waals surface area contributed by atoms with Crippen molar-refractivity contribution in [2.75, 3.05) is 5.32 Å². The molecule has 2 N–H and O–H groups in total. The summed E-state index contributed by atoms with van der Waals surface area (Å²) in [6.07, 6.45) is 5.43. The molecule has 1 atom stereocenters. The fourth-order valence-corrected chi connectivity index (χ4v) is 1.38. The van der Waals surface area contributed by atoms with Gasteiger partial charge in [-0.05, 0) is 5.92 Å². The zero-order valence-corrected chi connectivity index (χ0v) is 10.7. The van der Waals surface area contributed by atoms with Crippen molar-refractivity contribution in [3.05, 3.63) is 22.2 Å². The molecule has 0 aromatic carbocycles. The third-order valence-corrected chi connectivity index (χ3v) is 2.46. The summed E-state index contributed by atoms with van der Waals surface area (Å²) in [6, 6.07) is 1.31. The van der Waals surface area contributed by atoms with Crippen LogP contribution in [0.15, 0.2) is 10.9 Å². The zero-order valence-electron chi connectivity index (χ0n) is 10.7. The average molecular weight is 233 g/mol. The minimum atomic E-state index is -0.161. The lowest BCUT2D eigenvalue weighted by Gasteiger charge is -2.17. The minimum Gasteiger partial charge on any atom is -0.356 e. The smallest absolute Gasteiger partial charge is 0.252 e. The topological polar surface area (TPSA) is 57.8 Å². The molecule has 0 aliphatic rings. The van der Waals surface area contributed by atoms with Crippen LogP contribution in [0, 0.1) is 18.3 Å². The van der Waals surface area contributed by atoms with Gasteiger partial charge in [-0.15, -0.1) is 6.42 Å². The van der Waals surface area contributed by atoms with E-state index < -0.39 is 0 Å². The number of nitrogens with one attached hydrogen (secondary N) is 2. The summed E-state index contributed by atoms with van der Waals surface area (Å²) in [6.45, 7) is 7.99. The number of aromatic amines is 1. The first-order valence-electron chi connectivity index (χ1n) is 5.78. The predicted octanol–water partition coefficient (Wildman–Crippen LogP) is 1.96. The molecular formula is C13H19N3O. The summed E-state index contributed by atoms with van der Waals surface area (Å²) >= 11 is 0. The van der Waals surface area contributed by atoms with Crippen molar-refractivity contribution >= 4 is 5.82 Å². The number of aromatic nitrogens is 2. The molecule has 1 rings (SSSR count). The van der Waals surface area contributed by atoms with E-state index in [0.717, 1.165) is 0 Å². The molecule has 1 aromatic heterocycles. The maximum absolute atomic E-state index is 11.5. The average Bonchev–Trinajstić information content (AvgIpc) is 2.24. The van der Waals surface area contributed by atoms with Crippen LogP contribution in [0.1, 0.15) is 39.4 Å². The Morgan fingerprint density at radius 3 is 2.53 bits per heavy atom. The van der Waals surface area contributed by atoms with E-state index in [2.05, 4.69) is 21.2 Å². The van der Waals surface area contributed by atoms with Gasteiger partial charge in [-0.2, -0.15) is 0 Å². The first-order chi connectivity index (χ1) is 7.93. The van der Waals surface area contributed by atoms with Crippen LogP contribution in [0.25, 0.3) is 0 Å². The lowest BCUT2D eigenvalue weighted by atomic mass is 10.1. The predicted molar refractivity (Wildman–Crippen MR) is 70.0 cm³/mol. The lowest BCUT2D eigenvalue weighted by Crippen LogP contribution is -2.26. The molecule has 0 fully saturated rings. The number of terminal acetylenes is 1. The normalized spacial score (nSPS) is 12.5. The summed E-state index contributed by atoms with van der Waals surface area (Å²) in [7, 11) is 0. The number of hydrogen-bond acceptors (Lipinski definition) is 3. The van der Waals surface area contributed by atoms with E-state index >= 15 is 0 Å². The second-order valence-corrected chi connectivity index (χ2v) is 4.70. The van der Waals surface area contributed by atoms with Gasteiger partial charge in [0, 0.05) is 12.0 Å². The highest BCUT2D eigenvalue weighted by atomic mass is 16.1.